The lowest BCUT2D eigenvalue weighted by Crippen LogP contribution is -2.50. The molecule has 0 unspecified atom stereocenters. The number of carbonyl (C=O) groups excluding carboxylic acids is 1. The first kappa shape index (κ1) is 15.7. The summed E-state index contributed by atoms with van der Waals surface area (Å²) >= 11 is 1.51. The first-order valence-electron chi connectivity index (χ1n) is 7.93. The summed E-state index contributed by atoms with van der Waals surface area (Å²) in [7, 11) is 0. The maximum Gasteiger partial charge on any atom is 0.310 e. The maximum atomic E-state index is 13.2. The molecular weight excluding hydrogens is 326 g/mol. The van der Waals surface area contributed by atoms with Crippen LogP contribution in [0.1, 0.15) is 12.5 Å². The number of likely N-dealkylation sites (tertiary alicyclic amines) is 1. The van der Waals surface area contributed by atoms with Crippen LogP contribution >= 0.6 is 11.8 Å². The van der Waals surface area contributed by atoms with Crippen molar-refractivity contribution in [3.63, 3.8) is 0 Å². The molecule has 4 rings (SSSR count). The highest BCUT2D eigenvalue weighted by Gasteiger charge is 2.76. The Hall–Kier alpha value is -1.79. The molecule has 1 N–H and O–H groups in total. The number of amides is 1. The van der Waals surface area contributed by atoms with Crippen LogP contribution in [0.15, 0.2) is 41.3 Å². The van der Waals surface area contributed by atoms with E-state index in [2.05, 4.69) is 0 Å². The number of carboxylic acid groups (broad SMARTS) is 1. The number of carboxylic acids is 1. The second-order valence-electron chi connectivity index (χ2n) is 6.84. The molecule has 3 heterocycles. The van der Waals surface area contributed by atoms with Gasteiger partial charge in [0.15, 0.2) is 0 Å². The molecule has 0 radical (unpaired) electrons. The van der Waals surface area contributed by atoms with Crippen LogP contribution in [0.3, 0.4) is 0 Å². The van der Waals surface area contributed by atoms with Gasteiger partial charge in [0.2, 0.25) is 5.91 Å². The molecule has 0 aromatic heterocycles. The Morgan fingerprint density at radius 3 is 2.75 bits per heavy atom. The molecule has 2 fully saturated rings. The highest BCUT2D eigenvalue weighted by molar-refractivity contribution is 8.02. The Morgan fingerprint density at radius 1 is 1.42 bits per heavy atom. The summed E-state index contributed by atoms with van der Waals surface area (Å²) in [4.78, 5) is 27.7. The van der Waals surface area contributed by atoms with Crippen molar-refractivity contribution in [2.75, 3.05) is 12.8 Å². The summed E-state index contributed by atoms with van der Waals surface area (Å²) in [5.74, 6) is -1.92. The first-order chi connectivity index (χ1) is 11.4. The van der Waals surface area contributed by atoms with Crippen molar-refractivity contribution in [3.05, 3.63) is 46.9 Å². The van der Waals surface area contributed by atoms with Crippen molar-refractivity contribution < 1.29 is 19.4 Å². The number of carbonyl (C=O) groups is 2. The van der Waals surface area contributed by atoms with Gasteiger partial charge in [-0.05, 0) is 24.8 Å². The number of fused-ring (bicyclic) bond motifs is 1. The minimum Gasteiger partial charge on any atom is -0.481 e. The largest absolute Gasteiger partial charge is 0.481 e. The Balaban J connectivity index is 1.73. The lowest BCUT2D eigenvalue weighted by molar-refractivity contribution is -0.152. The summed E-state index contributed by atoms with van der Waals surface area (Å²) in [6.45, 7) is 2.63. The van der Waals surface area contributed by atoms with Crippen molar-refractivity contribution in [1.82, 2.24) is 4.90 Å². The van der Waals surface area contributed by atoms with E-state index in [1.54, 1.807) is 11.8 Å². The van der Waals surface area contributed by atoms with Crippen molar-refractivity contribution in [2.45, 2.75) is 25.2 Å². The fourth-order valence-corrected chi connectivity index (χ4v) is 5.15. The van der Waals surface area contributed by atoms with Gasteiger partial charge in [0.05, 0.1) is 12.0 Å². The van der Waals surface area contributed by atoms with E-state index < -0.39 is 29.0 Å². The van der Waals surface area contributed by atoms with Crippen molar-refractivity contribution in [3.8, 4) is 0 Å². The quantitative estimate of drug-likeness (QED) is 0.905. The summed E-state index contributed by atoms with van der Waals surface area (Å²) in [5, 5.41) is 9.76. The topological polar surface area (TPSA) is 66.8 Å². The average Bonchev–Trinajstić information content (AvgIpc) is 3.11. The fourth-order valence-electron chi connectivity index (χ4n) is 4.43. The number of nitrogens with zero attached hydrogens (tertiary/aromatic N) is 1. The van der Waals surface area contributed by atoms with E-state index in [0.717, 1.165) is 10.5 Å². The van der Waals surface area contributed by atoms with Gasteiger partial charge in [-0.2, -0.15) is 0 Å². The van der Waals surface area contributed by atoms with Crippen LogP contribution < -0.4 is 0 Å². The molecule has 2 saturated heterocycles. The van der Waals surface area contributed by atoms with Gasteiger partial charge in [-0.15, -0.1) is 11.8 Å². The highest BCUT2D eigenvalue weighted by atomic mass is 32.2. The monoisotopic (exact) mass is 345 g/mol. The molecule has 3 aliphatic heterocycles. The number of aliphatic carboxylic acids is 1. The summed E-state index contributed by atoms with van der Waals surface area (Å²) in [6, 6.07) is 9.74. The van der Waals surface area contributed by atoms with Crippen molar-refractivity contribution >= 4 is 23.6 Å². The highest BCUT2D eigenvalue weighted by Crippen LogP contribution is 2.63. The molecule has 126 valence electrons. The van der Waals surface area contributed by atoms with E-state index in [1.165, 1.54) is 11.8 Å². The van der Waals surface area contributed by atoms with Gasteiger partial charge >= 0.3 is 5.97 Å². The number of ether oxygens (including phenoxy) is 1. The molecule has 0 saturated carbocycles. The summed E-state index contributed by atoms with van der Waals surface area (Å²) in [5.41, 5.74) is -0.844. The molecule has 4 atom stereocenters. The minimum absolute atomic E-state index is 0.127. The van der Waals surface area contributed by atoms with E-state index in [1.807, 2.05) is 42.7 Å². The van der Waals surface area contributed by atoms with Gasteiger partial charge in [-0.3, -0.25) is 9.59 Å². The van der Waals surface area contributed by atoms with Crippen LogP contribution in [0, 0.1) is 11.3 Å². The zero-order chi connectivity index (χ0) is 17.1. The molecule has 1 aromatic rings. The third kappa shape index (κ3) is 1.81. The average molecular weight is 345 g/mol. The summed E-state index contributed by atoms with van der Waals surface area (Å²) < 4.78 is 6.15. The van der Waals surface area contributed by atoms with Gasteiger partial charge in [0, 0.05) is 11.4 Å². The van der Waals surface area contributed by atoms with E-state index in [9.17, 15) is 14.7 Å². The molecular formula is C18H19NO4S. The Morgan fingerprint density at radius 2 is 2.12 bits per heavy atom. The normalized spacial score (nSPS) is 36.8. The molecule has 2 bridgehead atoms. The number of hydrogen-bond donors (Lipinski definition) is 1. The predicted octanol–water partition coefficient (Wildman–Crippen LogP) is 2.13. The third-order valence-electron chi connectivity index (χ3n) is 5.67. The second-order valence-corrected chi connectivity index (χ2v) is 7.72. The Bertz CT molecular complexity index is 749. The molecule has 5 nitrogen and oxygen atoms in total. The zero-order valence-electron chi connectivity index (χ0n) is 13.6. The van der Waals surface area contributed by atoms with Gasteiger partial charge < -0.3 is 14.7 Å². The van der Waals surface area contributed by atoms with E-state index >= 15 is 0 Å². The standard InChI is InChI=1S/C18H19NO4S/c1-17-13(15(20)21)14-12(24-2)8-18(17,23-14)10-19(16(17)22)9-11-6-4-3-5-7-11/h3-8,13-14H,9-10H2,1-2H3,(H,20,21)/t13-,14+,17-,18+/m0/s1. The van der Waals surface area contributed by atoms with Crippen LogP contribution in [0.25, 0.3) is 0 Å². The Labute approximate surface area is 144 Å². The predicted molar refractivity (Wildman–Crippen MR) is 90.3 cm³/mol. The minimum atomic E-state index is -1.04. The van der Waals surface area contributed by atoms with Gasteiger partial charge in [0.25, 0.3) is 0 Å². The van der Waals surface area contributed by atoms with Crippen LogP contribution in [-0.2, 0) is 20.9 Å². The number of benzene rings is 1. The van der Waals surface area contributed by atoms with E-state index in [0.29, 0.717) is 13.1 Å². The van der Waals surface area contributed by atoms with Gasteiger partial charge in [0.1, 0.15) is 17.6 Å². The molecule has 0 aliphatic carbocycles. The number of thioether (sulfide) groups is 1. The molecule has 1 aromatic carbocycles. The van der Waals surface area contributed by atoms with Crippen LogP contribution in [0.4, 0.5) is 0 Å². The Kier molecular flexibility index (Phi) is 3.34. The lowest BCUT2D eigenvalue weighted by Gasteiger charge is -2.34. The first-order valence-corrected chi connectivity index (χ1v) is 9.16. The van der Waals surface area contributed by atoms with Gasteiger partial charge in [-0.25, -0.2) is 0 Å². The smallest absolute Gasteiger partial charge is 0.310 e. The molecule has 6 heteroatoms. The van der Waals surface area contributed by atoms with E-state index in [4.69, 9.17) is 4.74 Å². The molecule has 1 spiro atoms. The number of rotatable bonds is 4. The second kappa shape index (κ2) is 5.10. The lowest BCUT2D eigenvalue weighted by atomic mass is 9.65. The third-order valence-corrected chi connectivity index (χ3v) is 6.49. The van der Waals surface area contributed by atoms with Crippen molar-refractivity contribution in [1.29, 1.82) is 0 Å². The zero-order valence-corrected chi connectivity index (χ0v) is 14.4. The molecule has 3 aliphatic rings. The van der Waals surface area contributed by atoms with Crippen LogP contribution in [-0.4, -0.2) is 46.4 Å². The SMILES string of the molecule is CSC1=C[C@@]23CN(Cc4ccccc4)C(=O)[C@]2(C)[C@H](C(=O)O)[C@@H]1O3. The molecule has 1 amide bonds. The maximum absolute atomic E-state index is 13.2. The molecule has 24 heavy (non-hydrogen) atoms. The van der Waals surface area contributed by atoms with Crippen LogP contribution in [0.2, 0.25) is 0 Å². The fraction of sp³-hybridized carbons (Fsp3) is 0.444. The van der Waals surface area contributed by atoms with Crippen molar-refractivity contribution in [2.24, 2.45) is 11.3 Å². The van der Waals surface area contributed by atoms with E-state index in [-0.39, 0.29) is 5.91 Å². The van der Waals surface area contributed by atoms with Gasteiger partial charge in [-0.1, -0.05) is 30.3 Å². The van der Waals surface area contributed by atoms with Crippen LogP contribution in [0.5, 0.6) is 0 Å². The number of hydrogen-bond acceptors (Lipinski definition) is 4. The summed E-state index contributed by atoms with van der Waals surface area (Å²) in [6.07, 6.45) is 3.40.